The summed E-state index contributed by atoms with van der Waals surface area (Å²) >= 11 is 1.48. The van der Waals surface area contributed by atoms with E-state index in [0.717, 1.165) is 41.3 Å². The van der Waals surface area contributed by atoms with Crippen molar-refractivity contribution in [2.45, 2.75) is 122 Å². The molecule has 8 heteroatoms. The van der Waals surface area contributed by atoms with E-state index in [4.69, 9.17) is 14.8 Å². The van der Waals surface area contributed by atoms with Crippen LogP contribution in [-0.2, 0) is 26.8 Å². The van der Waals surface area contributed by atoms with Gasteiger partial charge in [0.1, 0.15) is 11.5 Å². The van der Waals surface area contributed by atoms with Crippen molar-refractivity contribution in [2.24, 2.45) is 11.3 Å². The van der Waals surface area contributed by atoms with Crippen LogP contribution in [0.2, 0.25) is 0 Å². The van der Waals surface area contributed by atoms with Crippen LogP contribution >= 0.6 is 11.3 Å². The van der Waals surface area contributed by atoms with Gasteiger partial charge < -0.3 is 15.2 Å². The highest BCUT2D eigenvalue weighted by molar-refractivity contribution is 7.17. The Morgan fingerprint density at radius 1 is 1.05 bits per heavy atom. The summed E-state index contributed by atoms with van der Waals surface area (Å²) in [6.45, 7) is 11.7. The van der Waals surface area contributed by atoms with Crippen molar-refractivity contribution in [3.63, 3.8) is 0 Å². The van der Waals surface area contributed by atoms with E-state index in [1.54, 1.807) is 0 Å². The van der Waals surface area contributed by atoms with Crippen molar-refractivity contribution in [1.29, 1.82) is 0 Å². The number of carboxylic acid groups (broad SMARTS) is 1. The average molecular weight is 609 g/mol. The molecule has 2 aromatic rings. The van der Waals surface area contributed by atoms with Gasteiger partial charge in [-0.15, -0.1) is 11.3 Å². The molecule has 0 saturated heterocycles. The third kappa shape index (κ3) is 7.50. The van der Waals surface area contributed by atoms with E-state index in [-0.39, 0.29) is 41.8 Å². The number of carbonyl (C=O) groups excluding carboxylic acids is 2. The number of carbonyl (C=O) groups is 3. The van der Waals surface area contributed by atoms with E-state index in [1.165, 1.54) is 67.4 Å². The van der Waals surface area contributed by atoms with Crippen LogP contribution < -0.4 is 10.1 Å². The van der Waals surface area contributed by atoms with Crippen molar-refractivity contribution in [3.05, 3.63) is 34.0 Å². The molecule has 1 aliphatic heterocycles. The molecule has 1 spiro atoms. The predicted molar refractivity (Wildman–Crippen MR) is 170 cm³/mol. The fourth-order valence-corrected chi connectivity index (χ4v) is 7.82. The van der Waals surface area contributed by atoms with E-state index in [2.05, 4.69) is 38.2 Å². The molecule has 1 aromatic heterocycles. The summed E-state index contributed by atoms with van der Waals surface area (Å²) in [6.07, 6.45) is 10.6. The summed E-state index contributed by atoms with van der Waals surface area (Å²) in [5.74, 6) is 0.350. The minimum absolute atomic E-state index is 0.0106. The van der Waals surface area contributed by atoms with Gasteiger partial charge in [-0.25, -0.2) is 4.98 Å². The maximum Gasteiger partial charge on any atom is 0.303 e. The third-order valence-electron chi connectivity index (χ3n) is 9.53. The van der Waals surface area contributed by atoms with Crippen LogP contribution in [0.4, 0.5) is 0 Å². The van der Waals surface area contributed by atoms with Crippen molar-refractivity contribution in [1.82, 2.24) is 10.3 Å². The Balaban J connectivity index is 1.43. The number of Topliss-reactive ketones (excluding diaryl/α,β-unsaturated/α-hetero) is 1. The zero-order valence-corrected chi connectivity index (χ0v) is 27.4. The number of ketones is 1. The Labute approximate surface area is 260 Å². The predicted octanol–water partition coefficient (Wildman–Crippen LogP) is 7.62. The number of amides is 1. The fourth-order valence-electron chi connectivity index (χ4n) is 6.82. The molecule has 2 aliphatic carbocycles. The number of aliphatic carboxylic acids is 1. The first-order valence-electron chi connectivity index (χ1n) is 16.1. The number of ether oxygens (including phenoxy) is 1. The normalized spacial score (nSPS) is 18.2. The number of aromatic nitrogens is 1. The van der Waals surface area contributed by atoms with Crippen LogP contribution in [-0.4, -0.2) is 40.9 Å². The number of rotatable bonds is 11. The van der Waals surface area contributed by atoms with Gasteiger partial charge in [0.25, 0.3) is 5.91 Å². The maximum absolute atomic E-state index is 13.5. The number of thiazole rings is 1. The lowest BCUT2D eigenvalue weighted by atomic mass is 9.79. The monoisotopic (exact) mass is 608 g/mol. The second kappa shape index (κ2) is 12.3. The van der Waals surface area contributed by atoms with Crippen LogP contribution in [0.3, 0.4) is 0 Å². The Morgan fingerprint density at radius 2 is 1.77 bits per heavy atom. The molecule has 2 N–H and O–H groups in total. The van der Waals surface area contributed by atoms with Crippen LogP contribution in [0.15, 0.2) is 12.1 Å². The molecule has 234 valence electrons. The van der Waals surface area contributed by atoms with Crippen molar-refractivity contribution in [3.8, 4) is 16.2 Å². The van der Waals surface area contributed by atoms with E-state index in [0.29, 0.717) is 17.5 Å². The Hall–Kier alpha value is -2.74. The molecule has 0 atom stereocenters. The van der Waals surface area contributed by atoms with E-state index in [9.17, 15) is 14.4 Å². The van der Waals surface area contributed by atoms with Gasteiger partial charge in [0.05, 0.1) is 23.6 Å². The molecule has 2 saturated carbocycles. The van der Waals surface area contributed by atoms with Crippen LogP contribution in [0, 0.1) is 11.3 Å². The second-order valence-electron chi connectivity index (χ2n) is 15.0. The Kier molecular flexibility index (Phi) is 9.09. The van der Waals surface area contributed by atoms with Gasteiger partial charge in [0.15, 0.2) is 5.01 Å². The molecule has 0 radical (unpaired) electrons. The molecule has 1 amide bonds. The number of nitrogens with one attached hydrogen (secondary N) is 1. The number of fused-ring (bicyclic) bond motifs is 2. The summed E-state index contributed by atoms with van der Waals surface area (Å²) in [7, 11) is 0. The standard InChI is InChI=1S/C35H48N2O5S/c1-33(2,3)25-18-23(19-26-29(25)42-16-15-35(26)13-14-35)30-27(17-22-9-7-6-8-10-22)37-32(43-30)31(41)36-21-34(4,5)20-24(38)11-12-28(39)40/h18-19,22H,6-17,20-21H2,1-5H3,(H,36,41)(H,39,40). The minimum Gasteiger partial charge on any atom is -0.493 e. The summed E-state index contributed by atoms with van der Waals surface area (Å²) < 4.78 is 6.33. The summed E-state index contributed by atoms with van der Waals surface area (Å²) in [5.41, 5.74) is 4.37. The molecule has 5 rings (SSSR count). The highest BCUT2D eigenvalue weighted by atomic mass is 32.1. The van der Waals surface area contributed by atoms with Gasteiger partial charge in [-0.05, 0) is 60.1 Å². The highest BCUT2D eigenvalue weighted by Crippen LogP contribution is 2.58. The molecule has 1 aromatic carbocycles. The van der Waals surface area contributed by atoms with Gasteiger partial charge >= 0.3 is 5.97 Å². The molecular formula is C35H48N2O5S. The number of hydrogen-bond acceptors (Lipinski definition) is 6. The second-order valence-corrected chi connectivity index (χ2v) is 16.0. The zero-order valence-electron chi connectivity index (χ0n) is 26.6. The maximum atomic E-state index is 13.5. The molecule has 0 unspecified atom stereocenters. The Bertz CT molecular complexity index is 1360. The molecule has 7 nitrogen and oxygen atoms in total. The summed E-state index contributed by atoms with van der Waals surface area (Å²) in [5, 5.41) is 12.4. The Morgan fingerprint density at radius 3 is 2.42 bits per heavy atom. The number of carboxylic acids is 1. The van der Waals surface area contributed by atoms with Gasteiger partial charge in [0.2, 0.25) is 0 Å². The van der Waals surface area contributed by atoms with Gasteiger partial charge in [-0.3, -0.25) is 14.4 Å². The number of benzene rings is 1. The molecular weight excluding hydrogens is 560 g/mol. The van der Waals surface area contributed by atoms with Crippen molar-refractivity contribution < 1.29 is 24.2 Å². The largest absolute Gasteiger partial charge is 0.493 e. The van der Waals surface area contributed by atoms with Crippen molar-refractivity contribution in [2.75, 3.05) is 13.2 Å². The third-order valence-corrected chi connectivity index (χ3v) is 10.7. The SMILES string of the molecule is CC(C)(CNC(=O)c1nc(CC2CCCCC2)c(-c2cc(C(C)(C)C)c3c(c2)C2(CCO3)CC2)s1)CC(=O)CCC(=O)O. The van der Waals surface area contributed by atoms with Gasteiger partial charge in [0, 0.05) is 35.9 Å². The lowest BCUT2D eigenvalue weighted by molar-refractivity contribution is -0.138. The van der Waals surface area contributed by atoms with E-state index < -0.39 is 11.4 Å². The lowest BCUT2D eigenvalue weighted by Gasteiger charge is -2.32. The smallest absolute Gasteiger partial charge is 0.303 e. The van der Waals surface area contributed by atoms with Crippen molar-refractivity contribution >= 4 is 29.0 Å². The fraction of sp³-hybridized carbons (Fsp3) is 0.657. The quantitative estimate of drug-likeness (QED) is 0.272. The topological polar surface area (TPSA) is 106 Å². The molecule has 3 aliphatic rings. The van der Waals surface area contributed by atoms with Crippen LogP contribution in [0.25, 0.3) is 10.4 Å². The highest BCUT2D eigenvalue weighted by Gasteiger charge is 2.49. The van der Waals surface area contributed by atoms with E-state index >= 15 is 0 Å². The van der Waals surface area contributed by atoms with Gasteiger partial charge in [-0.1, -0.05) is 66.7 Å². The van der Waals surface area contributed by atoms with Crippen LogP contribution in [0.1, 0.15) is 132 Å². The first kappa shape index (κ1) is 31.7. The molecule has 2 fully saturated rings. The lowest BCUT2D eigenvalue weighted by Crippen LogP contribution is -2.35. The average Bonchev–Trinajstić information content (AvgIpc) is 3.59. The summed E-state index contributed by atoms with van der Waals surface area (Å²) in [6, 6.07) is 4.62. The molecule has 0 bridgehead atoms. The number of hydrogen-bond donors (Lipinski definition) is 2. The minimum atomic E-state index is -0.976. The first-order valence-corrected chi connectivity index (χ1v) is 16.9. The van der Waals surface area contributed by atoms with Gasteiger partial charge in [-0.2, -0.15) is 0 Å². The first-order chi connectivity index (χ1) is 20.3. The summed E-state index contributed by atoms with van der Waals surface area (Å²) in [4.78, 5) is 42.8. The van der Waals surface area contributed by atoms with E-state index in [1.807, 2.05) is 13.8 Å². The molecule has 2 heterocycles. The van der Waals surface area contributed by atoms with Crippen LogP contribution in [0.5, 0.6) is 5.75 Å². The number of nitrogens with zero attached hydrogens (tertiary/aromatic N) is 1. The zero-order chi connectivity index (χ0) is 31.0. The molecule has 43 heavy (non-hydrogen) atoms.